The van der Waals surface area contributed by atoms with Gasteiger partial charge in [0, 0.05) is 12.5 Å². The number of ether oxygens (including phenoxy) is 2. The minimum atomic E-state index is -0.765. The van der Waals surface area contributed by atoms with Gasteiger partial charge in [-0.05, 0) is 30.7 Å². The summed E-state index contributed by atoms with van der Waals surface area (Å²) < 4.78 is 16.0. The van der Waals surface area contributed by atoms with Gasteiger partial charge in [0.25, 0.3) is 5.91 Å². The van der Waals surface area contributed by atoms with Crippen molar-refractivity contribution in [1.29, 1.82) is 0 Å². The summed E-state index contributed by atoms with van der Waals surface area (Å²) in [5.41, 5.74) is 8.85. The van der Waals surface area contributed by atoms with Crippen molar-refractivity contribution < 1.29 is 23.5 Å². The topological polar surface area (TPSA) is 107 Å². The summed E-state index contributed by atoms with van der Waals surface area (Å²) in [7, 11) is 1.39. The number of hydrogen-bond acceptors (Lipinski definition) is 7. The summed E-state index contributed by atoms with van der Waals surface area (Å²) in [5, 5.41) is 6.00. The third-order valence-corrected chi connectivity index (χ3v) is 5.62. The van der Waals surface area contributed by atoms with Crippen LogP contribution < -0.4 is 10.5 Å². The van der Waals surface area contributed by atoms with E-state index in [-0.39, 0.29) is 22.0 Å². The Labute approximate surface area is 195 Å². The normalized spacial score (nSPS) is 15.3. The molecule has 0 spiro atoms. The number of esters is 1. The molecule has 170 valence electrons. The monoisotopic (exact) mass is 467 g/mol. The van der Waals surface area contributed by atoms with E-state index in [1.807, 2.05) is 31.2 Å². The number of halogens is 1. The number of carbonyl (C=O) groups excluding carboxylic acids is 2. The van der Waals surface area contributed by atoms with Gasteiger partial charge in [0.05, 0.1) is 29.8 Å². The molecule has 0 saturated carbocycles. The van der Waals surface area contributed by atoms with Crippen LogP contribution in [0.1, 0.15) is 39.7 Å². The predicted octanol–water partition coefficient (Wildman–Crippen LogP) is 4.37. The Morgan fingerprint density at radius 3 is 2.67 bits per heavy atom. The molecule has 0 bridgehead atoms. The number of carbonyl (C=O) groups is 2. The van der Waals surface area contributed by atoms with E-state index in [2.05, 4.69) is 5.10 Å². The highest BCUT2D eigenvalue weighted by molar-refractivity contribution is 6.33. The van der Waals surface area contributed by atoms with Gasteiger partial charge >= 0.3 is 5.97 Å². The van der Waals surface area contributed by atoms with E-state index >= 15 is 0 Å². The molecule has 33 heavy (non-hydrogen) atoms. The SMILES string of the molecule is COc1cc(N)c(Cl)cc1C(=O)OCC(=O)N1N=C(c2ccc(C)cc2)CC1c1ccco1. The first-order chi connectivity index (χ1) is 15.9. The predicted molar refractivity (Wildman–Crippen MR) is 123 cm³/mol. The number of nitrogens with zero attached hydrogens (tertiary/aromatic N) is 2. The average molecular weight is 468 g/mol. The Hall–Kier alpha value is -3.78. The maximum absolute atomic E-state index is 13.0. The fraction of sp³-hybridized carbons (Fsp3) is 0.208. The lowest BCUT2D eigenvalue weighted by atomic mass is 10.0. The van der Waals surface area contributed by atoms with Gasteiger partial charge in [-0.2, -0.15) is 5.10 Å². The Morgan fingerprint density at radius 2 is 2.00 bits per heavy atom. The number of hydrazone groups is 1. The van der Waals surface area contributed by atoms with Gasteiger partial charge < -0.3 is 19.6 Å². The molecule has 1 aliphatic rings. The second kappa shape index (κ2) is 9.38. The first kappa shape index (κ1) is 22.4. The van der Waals surface area contributed by atoms with Gasteiger partial charge in [0.15, 0.2) is 6.61 Å². The van der Waals surface area contributed by atoms with Crippen molar-refractivity contribution >= 4 is 34.9 Å². The molecule has 8 nitrogen and oxygen atoms in total. The van der Waals surface area contributed by atoms with Gasteiger partial charge in [-0.25, -0.2) is 9.80 Å². The Balaban J connectivity index is 1.53. The van der Waals surface area contributed by atoms with E-state index in [0.717, 1.165) is 16.8 Å². The van der Waals surface area contributed by atoms with Crippen molar-refractivity contribution in [3.05, 3.63) is 82.3 Å². The molecule has 1 aliphatic heterocycles. The molecule has 1 unspecified atom stereocenters. The molecule has 4 rings (SSSR count). The largest absolute Gasteiger partial charge is 0.496 e. The quantitative estimate of drug-likeness (QED) is 0.426. The minimum absolute atomic E-state index is 0.0670. The van der Waals surface area contributed by atoms with Crippen LogP contribution >= 0.6 is 11.6 Å². The third kappa shape index (κ3) is 4.70. The number of nitrogens with two attached hydrogens (primary N) is 1. The van der Waals surface area contributed by atoms with Gasteiger partial charge in [0.1, 0.15) is 23.1 Å². The maximum atomic E-state index is 13.0. The van der Waals surface area contributed by atoms with E-state index in [9.17, 15) is 9.59 Å². The van der Waals surface area contributed by atoms with Crippen LogP contribution in [0.2, 0.25) is 5.02 Å². The second-order valence-electron chi connectivity index (χ2n) is 7.54. The molecule has 1 atom stereocenters. The minimum Gasteiger partial charge on any atom is -0.496 e. The summed E-state index contributed by atoms with van der Waals surface area (Å²) in [6.45, 7) is 1.48. The summed E-state index contributed by atoms with van der Waals surface area (Å²) in [5.74, 6) is -0.470. The fourth-order valence-corrected chi connectivity index (χ4v) is 3.70. The lowest BCUT2D eigenvalue weighted by Gasteiger charge is -2.19. The molecule has 1 aromatic heterocycles. The van der Waals surface area contributed by atoms with Gasteiger partial charge in [-0.3, -0.25) is 4.79 Å². The van der Waals surface area contributed by atoms with Crippen molar-refractivity contribution in [3.8, 4) is 5.75 Å². The highest BCUT2D eigenvalue weighted by Crippen LogP contribution is 2.33. The van der Waals surface area contributed by atoms with Crippen LogP contribution in [0, 0.1) is 6.92 Å². The Morgan fingerprint density at radius 1 is 1.24 bits per heavy atom. The van der Waals surface area contributed by atoms with Crippen molar-refractivity contribution in [2.24, 2.45) is 5.10 Å². The standard InChI is InChI=1S/C24H22ClN3O5/c1-14-5-7-15(8-6-14)19-12-20(21-4-3-9-32-21)28(27-19)23(29)13-33-24(30)16-10-17(25)18(26)11-22(16)31-2/h3-11,20H,12-13,26H2,1-2H3. The van der Waals surface area contributed by atoms with Gasteiger partial charge in [0.2, 0.25) is 0 Å². The Kier molecular flexibility index (Phi) is 6.37. The molecule has 2 aromatic carbocycles. The number of rotatable bonds is 6. The van der Waals surface area contributed by atoms with Gasteiger partial charge in [-0.1, -0.05) is 41.4 Å². The molecular weight excluding hydrogens is 446 g/mol. The number of methoxy groups -OCH3 is 1. The van der Waals surface area contributed by atoms with Gasteiger partial charge in [-0.15, -0.1) is 0 Å². The molecule has 3 aromatic rings. The number of amides is 1. The third-order valence-electron chi connectivity index (χ3n) is 5.29. The zero-order valence-electron chi connectivity index (χ0n) is 18.1. The van der Waals surface area contributed by atoms with Crippen LogP contribution in [0.25, 0.3) is 0 Å². The van der Waals surface area contributed by atoms with Crippen LogP contribution in [0.5, 0.6) is 5.75 Å². The van der Waals surface area contributed by atoms with E-state index in [0.29, 0.717) is 12.2 Å². The average Bonchev–Trinajstić information content (AvgIpc) is 3.49. The number of furan rings is 1. The fourth-order valence-electron chi connectivity index (χ4n) is 3.53. The van der Waals surface area contributed by atoms with E-state index in [1.54, 1.807) is 18.4 Å². The van der Waals surface area contributed by atoms with E-state index in [1.165, 1.54) is 24.3 Å². The van der Waals surface area contributed by atoms with Crippen LogP contribution in [-0.2, 0) is 9.53 Å². The first-order valence-electron chi connectivity index (χ1n) is 10.2. The highest BCUT2D eigenvalue weighted by atomic mass is 35.5. The summed E-state index contributed by atoms with van der Waals surface area (Å²) in [4.78, 5) is 25.6. The molecule has 1 amide bonds. The number of nitrogen functional groups attached to an aromatic ring is 1. The van der Waals surface area contributed by atoms with Crippen molar-refractivity contribution in [1.82, 2.24) is 5.01 Å². The summed E-state index contributed by atoms with van der Waals surface area (Å²) >= 11 is 6.02. The number of benzene rings is 2. The summed E-state index contributed by atoms with van der Waals surface area (Å²) in [6.07, 6.45) is 2.01. The van der Waals surface area contributed by atoms with E-state index in [4.69, 9.17) is 31.2 Å². The molecule has 2 heterocycles. The van der Waals surface area contributed by atoms with E-state index < -0.39 is 24.5 Å². The van der Waals surface area contributed by atoms with Crippen LogP contribution in [-0.4, -0.2) is 36.3 Å². The van der Waals surface area contributed by atoms with Crippen molar-refractivity contribution in [2.45, 2.75) is 19.4 Å². The molecule has 0 radical (unpaired) electrons. The van der Waals surface area contributed by atoms with Crippen molar-refractivity contribution in [3.63, 3.8) is 0 Å². The molecule has 2 N–H and O–H groups in total. The number of aryl methyl sites for hydroxylation is 1. The zero-order chi connectivity index (χ0) is 23.5. The molecule has 0 fully saturated rings. The van der Waals surface area contributed by atoms with Crippen LogP contribution in [0.4, 0.5) is 5.69 Å². The first-order valence-corrected chi connectivity index (χ1v) is 10.5. The molecule has 0 saturated heterocycles. The molecule has 9 heteroatoms. The zero-order valence-corrected chi connectivity index (χ0v) is 18.8. The second-order valence-corrected chi connectivity index (χ2v) is 7.94. The maximum Gasteiger partial charge on any atom is 0.342 e. The number of anilines is 1. The smallest absolute Gasteiger partial charge is 0.342 e. The Bertz CT molecular complexity index is 1210. The lowest BCUT2D eigenvalue weighted by molar-refractivity contribution is -0.136. The molecule has 0 aliphatic carbocycles. The highest BCUT2D eigenvalue weighted by Gasteiger charge is 2.35. The van der Waals surface area contributed by atoms with Crippen LogP contribution in [0.3, 0.4) is 0 Å². The lowest BCUT2D eigenvalue weighted by Crippen LogP contribution is -2.31. The van der Waals surface area contributed by atoms with Crippen LogP contribution in [0.15, 0.2) is 64.3 Å². The van der Waals surface area contributed by atoms with Crippen molar-refractivity contribution in [2.75, 3.05) is 19.5 Å². The summed E-state index contributed by atoms with van der Waals surface area (Å²) in [6, 6.07) is 13.7. The number of hydrogen-bond donors (Lipinski definition) is 1. The molecular formula is C24H22ClN3O5.